The number of fused-ring (bicyclic) bond motifs is 1. The van der Waals surface area contributed by atoms with Gasteiger partial charge < -0.3 is 14.3 Å². The molecule has 2 aromatic heterocycles. The van der Waals surface area contributed by atoms with Crippen molar-refractivity contribution < 1.29 is 14.3 Å². The highest BCUT2D eigenvalue weighted by molar-refractivity contribution is 6.31. The second kappa shape index (κ2) is 13.5. The van der Waals surface area contributed by atoms with Crippen LogP contribution in [-0.2, 0) is 6.54 Å². The average Bonchev–Trinajstić information content (AvgIpc) is 3.23. The normalized spacial score (nSPS) is 11.4. The third-order valence-corrected chi connectivity index (χ3v) is 7.20. The third-order valence-electron chi connectivity index (χ3n) is 6.97. The minimum absolute atomic E-state index is 0.0917. The van der Waals surface area contributed by atoms with Crippen LogP contribution in [0.4, 0.5) is 0 Å². The SMILES string of the molecule is CCCCCCCCCCCCn1c(-c2oc(=O)n(-c3ccccc3OC)c2O)nc2ccc(Cl)cc2c1=O. The summed E-state index contributed by atoms with van der Waals surface area (Å²) in [6.45, 7) is 2.59. The van der Waals surface area contributed by atoms with E-state index in [2.05, 4.69) is 11.9 Å². The molecule has 0 aliphatic carbocycles. The highest BCUT2D eigenvalue weighted by Crippen LogP contribution is 2.33. The molecule has 0 bridgehead atoms. The summed E-state index contributed by atoms with van der Waals surface area (Å²) in [7, 11) is 1.47. The zero-order valence-electron chi connectivity index (χ0n) is 22.6. The Bertz CT molecular complexity index is 1520. The number of oxazole rings is 1. The number of aromatic nitrogens is 3. The summed E-state index contributed by atoms with van der Waals surface area (Å²) in [5.41, 5.74) is 0.403. The highest BCUT2D eigenvalue weighted by atomic mass is 35.5. The number of unbranched alkanes of at least 4 members (excludes halogenated alkanes) is 9. The van der Waals surface area contributed by atoms with Crippen LogP contribution < -0.4 is 16.1 Å². The van der Waals surface area contributed by atoms with Crippen LogP contribution in [0.15, 0.2) is 56.5 Å². The van der Waals surface area contributed by atoms with Crippen LogP contribution in [0.3, 0.4) is 0 Å². The minimum atomic E-state index is -0.817. The van der Waals surface area contributed by atoms with E-state index in [4.69, 9.17) is 20.8 Å². The number of hydrogen-bond acceptors (Lipinski definition) is 6. The molecule has 0 spiro atoms. The van der Waals surface area contributed by atoms with Crippen molar-refractivity contribution >= 4 is 22.5 Å². The van der Waals surface area contributed by atoms with Crippen molar-refractivity contribution in [2.75, 3.05) is 7.11 Å². The lowest BCUT2D eigenvalue weighted by Gasteiger charge is -2.13. The van der Waals surface area contributed by atoms with Crippen molar-refractivity contribution in [1.29, 1.82) is 0 Å². The van der Waals surface area contributed by atoms with E-state index < -0.39 is 11.6 Å². The van der Waals surface area contributed by atoms with Crippen molar-refractivity contribution in [2.45, 2.75) is 77.7 Å². The maximum Gasteiger partial charge on any atom is 0.427 e. The molecular weight excluding hydrogens is 518 g/mol. The molecule has 39 heavy (non-hydrogen) atoms. The number of ether oxygens (including phenoxy) is 1. The largest absolute Gasteiger partial charge is 0.495 e. The first-order chi connectivity index (χ1) is 19.0. The van der Waals surface area contributed by atoms with E-state index >= 15 is 0 Å². The monoisotopic (exact) mass is 553 g/mol. The molecule has 0 unspecified atom stereocenters. The van der Waals surface area contributed by atoms with Gasteiger partial charge in [0.1, 0.15) is 5.75 Å². The second-order valence-electron chi connectivity index (χ2n) is 9.76. The van der Waals surface area contributed by atoms with Gasteiger partial charge in [0.05, 0.1) is 23.7 Å². The van der Waals surface area contributed by atoms with Gasteiger partial charge in [-0.2, -0.15) is 0 Å². The van der Waals surface area contributed by atoms with Gasteiger partial charge in [-0.1, -0.05) is 88.4 Å². The zero-order valence-corrected chi connectivity index (χ0v) is 23.4. The molecule has 0 aliphatic heterocycles. The molecule has 4 rings (SSSR count). The first-order valence-electron chi connectivity index (χ1n) is 13.7. The van der Waals surface area contributed by atoms with E-state index in [1.165, 1.54) is 50.2 Å². The van der Waals surface area contributed by atoms with Gasteiger partial charge >= 0.3 is 5.76 Å². The van der Waals surface area contributed by atoms with Crippen LogP contribution in [0.1, 0.15) is 71.1 Å². The number of halogens is 1. The fourth-order valence-electron chi connectivity index (χ4n) is 4.87. The smallest absolute Gasteiger partial charge is 0.427 e. The summed E-state index contributed by atoms with van der Waals surface area (Å²) in [6.07, 6.45) is 11.6. The number of aromatic hydroxyl groups is 1. The van der Waals surface area contributed by atoms with Crippen molar-refractivity contribution in [1.82, 2.24) is 14.1 Å². The molecule has 4 aromatic rings. The Balaban J connectivity index is 1.62. The van der Waals surface area contributed by atoms with E-state index in [9.17, 15) is 14.7 Å². The van der Waals surface area contributed by atoms with Gasteiger partial charge in [-0.15, -0.1) is 0 Å². The Labute approximate surface area is 232 Å². The topological polar surface area (TPSA) is 99.5 Å². The van der Waals surface area contributed by atoms with E-state index in [0.29, 0.717) is 33.9 Å². The van der Waals surface area contributed by atoms with Gasteiger partial charge in [0.25, 0.3) is 5.56 Å². The number of benzene rings is 2. The molecule has 0 radical (unpaired) electrons. The van der Waals surface area contributed by atoms with Gasteiger partial charge in [0.2, 0.25) is 11.6 Å². The predicted molar refractivity (Wildman–Crippen MR) is 154 cm³/mol. The lowest BCUT2D eigenvalue weighted by Crippen LogP contribution is -2.23. The predicted octanol–water partition coefficient (Wildman–Crippen LogP) is 7.10. The summed E-state index contributed by atoms with van der Waals surface area (Å²) >= 11 is 6.17. The van der Waals surface area contributed by atoms with Crippen molar-refractivity contribution in [3.63, 3.8) is 0 Å². The van der Waals surface area contributed by atoms with E-state index in [0.717, 1.165) is 30.3 Å². The Morgan fingerprint density at radius 2 is 1.62 bits per heavy atom. The summed E-state index contributed by atoms with van der Waals surface area (Å²) in [4.78, 5) is 31.1. The van der Waals surface area contributed by atoms with Crippen molar-refractivity contribution in [2.24, 2.45) is 0 Å². The van der Waals surface area contributed by atoms with E-state index in [1.807, 2.05) is 0 Å². The van der Waals surface area contributed by atoms with Crippen LogP contribution in [0.25, 0.3) is 28.2 Å². The van der Waals surface area contributed by atoms with Gasteiger partial charge in [-0.3, -0.25) is 9.36 Å². The summed E-state index contributed by atoms with van der Waals surface area (Å²) < 4.78 is 13.3. The van der Waals surface area contributed by atoms with Crippen LogP contribution in [0.5, 0.6) is 11.6 Å². The van der Waals surface area contributed by atoms with Gasteiger partial charge in [0.15, 0.2) is 5.82 Å². The van der Waals surface area contributed by atoms with E-state index in [1.54, 1.807) is 42.5 Å². The Kier molecular flexibility index (Phi) is 9.87. The molecule has 9 heteroatoms. The third kappa shape index (κ3) is 6.56. The fraction of sp³-hybridized carbons (Fsp3) is 0.433. The minimum Gasteiger partial charge on any atom is -0.495 e. The Morgan fingerprint density at radius 1 is 0.949 bits per heavy atom. The van der Waals surface area contributed by atoms with Gasteiger partial charge in [-0.25, -0.2) is 14.3 Å². The molecule has 2 heterocycles. The summed E-state index contributed by atoms with van der Waals surface area (Å²) in [5.74, 6) is -0.975. The molecule has 208 valence electrons. The molecule has 1 N–H and O–H groups in total. The zero-order chi connectivity index (χ0) is 27.8. The number of rotatable bonds is 14. The molecule has 0 fully saturated rings. The molecule has 0 saturated heterocycles. The molecule has 8 nitrogen and oxygen atoms in total. The second-order valence-corrected chi connectivity index (χ2v) is 10.2. The van der Waals surface area contributed by atoms with Crippen LogP contribution in [0, 0.1) is 0 Å². The summed E-state index contributed by atoms with van der Waals surface area (Å²) in [5, 5.41) is 11.9. The Hall–Kier alpha value is -3.52. The average molecular weight is 554 g/mol. The molecule has 0 amide bonds. The number of nitrogens with zero attached hydrogens (tertiary/aromatic N) is 3. The van der Waals surface area contributed by atoms with Crippen molar-refractivity contribution in [3.05, 3.63) is 68.4 Å². The van der Waals surface area contributed by atoms with Crippen LogP contribution in [-0.4, -0.2) is 26.3 Å². The maximum absolute atomic E-state index is 13.6. The van der Waals surface area contributed by atoms with E-state index in [-0.39, 0.29) is 17.1 Å². The van der Waals surface area contributed by atoms with Gasteiger partial charge in [0, 0.05) is 11.6 Å². The van der Waals surface area contributed by atoms with Gasteiger partial charge in [-0.05, 0) is 36.8 Å². The number of para-hydroxylation sites is 2. The first-order valence-corrected chi connectivity index (χ1v) is 14.1. The standard InChI is InChI=1S/C30H36ClN3O5/c1-3-4-5-6-7-8-9-10-11-14-19-33-27(32-23-18-17-21(31)20-22(23)28(33)35)26-29(36)34(30(37)39-26)24-15-12-13-16-25(24)38-2/h12-13,15-18,20,36H,3-11,14,19H2,1-2H3. The first kappa shape index (κ1) is 28.5. The molecular formula is C30H36ClN3O5. The highest BCUT2D eigenvalue weighted by Gasteiger charge is 2.25. The fourth-order valence-corrected chi connectivity index (χ4v) is 5.04. The van der Waals surface area contributed by atoms with Crippen LogP contribution >= 0.6 is 11.6 Å². The molecule has 0 saturated carbocycles. The summed E-state index contributed by atoms with van der Waals surface area (Å²) in [6, 6.07) is 11.6. The van der Waals surface area contributed by atoms with Crippen LogP contribution in [0.2, 0.25) is 5.02 Å². The molecule has 2 aromatic carbocycles. The number of methoxy groups -OCH3 is 1. The number of hydrogen-bond donors (Lipinski definition) is 1. The Morgan fingerprint density at radius 3 is 2.31 bits per heavy atom. The quantitative estimate of drug-likeness (QED) is 0.167. The molecule has 0 aliphatic rings. The maximum atomic E-state index is 13.6. The lowest BCUT2D eigenvalue weighted by molar-refractivity contribution is 0.405. The lowest BCUT2D eigenvalue weighted by atomic mass is 10.1. The molecule has 0 atom stereocenters. The van der Waals surface area contributed by atoms with Crippen molar-refractivity contribution in [3.8, 4) is 28.9 Å².